The van der Waals surface area contributed by atoms with E-state index in [4.69, 9.17) is 14.2 Å². The van der Waals surface area contributed by atoms with Crippen LogP contribution in [-0.2, 0) is 27.3 Å². The average molecular weight is 385 g/mol. The van der Waals surface area contributed by atoms with Gasteiger partial charge in [-0.2, -0.15) is 0 Å². The molecule has 6 heteroatoms. The van der Waals surface area contributed by atoms with Crippen molar-refractivity contribution in [3.63, 3.8) is 0 Å². The number of hydrogen-bond donors (Lipinski definition) is 1. The standard InChI is InChI=1S/C22H27NO5/c1-22(2,3)28-21(25)23-14-13-17-9-11-19(12-10-17)26-16-20(24)27-15-18-7-5-4-6-8-18/h4-12H,13-16H2,1-3H3,(H,23,25). The minimum atomic E-state index is -0.509. The van der Waals surface area contributed by atoms with Crippen LogP contribution in [0.5, 0.6) is 5.75 Å². The Hall–Kier alpha value is -3.02. The smallest absolute Gasteiger partial charge is 0.407 e. The number of carbonyl (C=O) groups is 2. The molecule has 28 heavy (non-hydrogen) atoms. The van der Waals surface area contributed by atoms with Crippen LogP contribution in [0.25, 0.3) is 0 Å². The first-order chi connectivity index (χ1) is 13.3. The molecular weight excluding hydrogens is 358 g/mol. The van der Waals surface area contributed by atoms with E-state index < -0.39 is 17.7 Å². The van der Waals surface area contributed by atoms with Crippen molar-refractivity contribution >= 4 is 12.1 Å². The Labute approximate surface area is 165 Å². The fraction of sp³-hybridized carbons (Fsp3) is 0.364. The summed E-state index contributed by atoms with van der Waals surface area (Å²) in [6.07, 6.45) is 0.236. The van der Waals surface area contributed by atoms with Crippen LogP contribution in [0.4, 0.5) is 4.79 Å². The molecule has 2 aromatic carbocycles. The van der Waals surface area contributed by atoms with Crippen LogP contribution in [0.15, 0.2) is 54.6 Å². The Morgan fingerprint density at radius 2 is 1.61 bits per heavy atom. The quantitative estimate of drug-likeness (QED) is 0.698. The van der Waals surface area contributed by atoms with E-state index >= 15 is 0 Å². The maximum Gasteiger partial charge on any atom is 0.407 e. The second kappa shape index (κ2) is 10.3. The highest BCUT2D eigenvalue weighted by Crippen LogP contribution is 2.13. The topological polar surface area (TPSA) is 73.9 Å². The third kappa shape index (κ3) is 8.58. The zero-order valence-electron chi connectivity index (χ0n) is 16.6. The molecule has 2 aromatic rings. The second-order valence-electron chi connectivity index (χ2n) is 7.26. The molecule has 150 valence electrons. The Balaban J connectivity index is 1.66. The number of alkyl carbamates (subject to hydrolysis) is 1. The van der Waals surface area contributed by atoms with Gasteiger partial charge in [0.25, 0.3) is 0 Å². The highest BCUT2D eigenvalue weighted by Gasteiger charge is 2.15. The van der Waals surface area contributed by atoms with Crippen molar-refractivity contribution in [1.82, 2.24) is 5.32 Å². The zero-order chi connectivity index (χ0) is 20.4. The van der Waals surface area contributed by atoms with E-state index in [2.05, 4.69) is 5.32 Å². The van der Waals surface area contributed by atoms with Crippen LogP contribution in [0, 0.1) is 0 Å². The fourth-order valence-corrected chi connectivity index (χ4v) is 2.30. The largest absolute Gasteiger partial charge is 0.482 e. The lowest BCUT2D eigenvalue weighted by atomic mass is 10.1. The van der Waals surface area contributed by atoms with Crippen LogP contribution >= 0.6 is 0 Å². The molecule has 0 fully saturated rings. The molecule has 0 atom stereocenters. The molecule has 1 N–H and O–H groups in total. The predicted molar refractivity (Wildman–Crippen MR) is 106 cm³/mol. The normalized spacial score (nSPS) is 10.8. The summed E-state index contributed by atoms with van der Waals surface area (Å²) >= 11 is 0. The van der Waals surface area contributed by atoms with Gasteiger partial charge >= 0.3 is 12.1 Å². The van der Waals surface area contributed by atoms with Crippen molar-refractivity contribution in [3.05, 3.63) is 65.7 Å². The first kappa shape index (κ1) is 21.3. The molecule has 0 radical (unpaired) electrons. The van der Waals surface area contributed by atoms with Gasteiger partial charge in [0.1, 0.15) is 18.0 Å². The molecule has 6 nitrogen and oxygen atoms in total. The number of nitrogens with one attached hydrogen (secondary N) is 1. The molecule has 0 bridgehead atoms. The molecule has 0 aliphatic carbocycles. The Morgan fingerprint density at radius 1 is 0.929 bits per heavy atom. The molecule has 2 rings (SSSR count). The summed E-state index contributed by atoms with van der Waals surface area (Å²) in [4.78, 5) is 23.4. The lowest BCUT2D eigenvalue weighted by Crippen LogP contribution is -2.33. The summed E-state index contributed by atoms with van der Waals surface area (Å²) in [6.45, 7) is 6.02. The van der Waals surface area contributed by atoms with Gasteiger partial charge in [-0.3, -0.25) is 0 Å². The summed E-state index contributed by atoms with van der Waals surface area (Å²) in [5, 5.41) is 2.72. The lowest BCUT2D eigenvalue weighted by molar-refractivity contribution is -0.147. The van der Waals surface area contributed by atoms with Gasteiger partial charge in [0.05, 0.1) is 0 Å². The predicted octanol–water partition coefficient (Wildman–Crippen LogP) is 3.88. The molecule has 0 aromatic heterocycles. The molecule has 1 amide bonds. The molecule has 0 spiro atoms. The van der Waals surface area contributed by atoms with Crippen molar-refractivity contribution in [2.24, 2.45) is 0 Å². The van der Waals surface area contributed by atoms with Crippen LogP contribution in [0.2, 0.25) is 0 Å². The number of ether oxygens (including phenoxy) is 3. The number of esters is 1. The van der Waals surface area contributed by atoms with Gasteiger partial charge in [0, 0.05) is 6.54 Å². The number of benzene rings is 2. The van der Waals surface area contributed by atoms with Crippen molar-refractivity contribution in [2.45, 2.75) is 39.4 Å². The van der Waals surface area contributed by atoms with Crippen LogP contribution < -0.4 is 10.1 Å². The van der Waals surface area contributed by atoms with Crippen molar-refractivity contribution in [1.29, 1.82) is 0 Å². The molecule has 0 aliphatic rings. The van der Waals surface area contributed by atoms with Gasteiger partial charge in [-0.15, -0.1) is 0 Å². The maximum absolute atomic E-state index is 11.8. The molecule has 0 aliphatic heterocycles. The molecule has 0 saturated heterocycles. The number of rotatable bonds is 8. The molecule has 0 heterocycles. The van der Waals surface area contributed by atoms with E-state index in [-0.39, 0.29) is 13.2 Å². The highest BCUT2D eigenvalue weighted by molar-refractivity contribution is 5.71. The first-order valence-electron chi connectivity index (χ1n) is 9.20. The van der Waals surface area contributed by atoms with Gasteiger partial charge in [-0.25, -0.2) is 9.59 Å². The van der Waals surface area contributed by atoms with E-state index in [1.54, 1.807) is 12.1 Å². The molecular formula is C22H27NO5. The van der Waals surface area contributed by atoms with Crippen molar-refractivity contribution < 1.29 is 23.8 Å². The van der Waals surface area contributed by atoms with E-state index in [0.29, 0.717) is 18.7 Å². The maximum atomic E-state index is 11.8. The van der Waals surface area contributed by atoms with Gasteiger partial charge in [0.15, 0.2) is 6.61 Å². The number of carbonyl (C=O) groups excluding carboxylic acids is 2. The highest BCUT2D eigenvalue weighted by atomic mass is 16.6. The monoisotopic (exact) mass is 385 g/mol. The fourth-order valence-electron chi connectivity index (χ4n) is 2.30. The second-order valence-corrected chi connectivity index (χ2v) is 7.26. The van der Waals surface area contributed by atoms with Crippen LogP contribution in [0.3, 0.4) is 0 Å². The molecule has 0 unspecified atom stereocenters. The molecule has 0 saturated carbocycles. The Bertz CT molecular complexity index is 751. The van der Waals surface area contributed by atoms with E-state index in [1.165, 1.54) is 0 Å². The van der Waals surface area contributed by atoms with E-state index in [1.807, 2.05) is 63.2 Å². The minimum absolute atomic E-state index is 0.146. The van der Waals surface area contributed by atoms with Crippen LogP contribution in [-0.4, -0.2) is 30.8 Å². The lowest BCUT2D eigenvalue weighted by Gasteiger charge is -2.19. The van der Waals surface area contributed by atoms with Gasteiger partial charge < -0.3 is 19.5 Å². The SMILES string of the molecule is CC(C)(C)OC(=O)NCCc1ccc(OCC(=O)OCc2ccccc2)cc1. The third-order valence-corrected chi connectivity index (χ3v) is 3.60. The van der Waals surface area contributed by atoms with Gasteiger partial charge in [0.2, 0.25) is 0 Å². The van der Waals surface area contributed by atoms with Gasteiger partial charge in [-0.05, 0) is 50.5 Å². The summed E-state index contributed by atoms with van der Waals surface area (Å²) in [5.74, 6) is 0.162. The van der Waals surface area contributed by atoms with Crippen LogP contribution in [0.1, 0.15) is 31.9 Å². The zero-order valence-corrected chi connectivity index (χ0v) is 16.6. The average Bonchev–Trinajstić information content (AvgIpc) is 2.65. The van der Waals surface area contributed by atoms with Crippen molar-refractivity contribution in [2.75, 3.05) is 13.2 Å². The van der Waals surface area contributed by atoms with E-state index in [9.17, 15) is 9.59 Å². The van der Waals surface area contributed by atoms with Gasteiger partial charge in [-0.1, -0.05) is 42.5 Å². The summed E-state index contributed by atoms with van der Waals surface area (Å²) in [5.41, 5.74) is 1.46. The minimum Gasteiger partial charge on any atom is -0.482 e. The number of amides is 1. The number of hydrogen-bond acceptors (Lipinski definition) is 5. The Kier molecular flexibility index (Phi) is 7.87. The summed E-state index contributed by atoms with van der Waals surface area (Å²) < 4.78 is 15.8. The third-order valence-electron chi connectivity index (χ3n) is 3.60. The Morgan fingerprint density at radius 3 is 2.25 bits per heavy atom. The summed E-state index contributed by atoms with van der Waals surface area (Å²) in [6, 6.07) is 16.8. The van der Waals surface area contributed by atoms with E-state index in [0.717, 1.165) is 11.1 Å². The van der Waals surface area contributed by atoms with Crippen molar-refractivity contribution in [3.8, 4) is 5.75 Å². The summed E-state index contributed by atoms with van der Waals surface area (Å²) in [7, 11) is 0. The first-order valence-corrected chi connectivity index (χ1v) is 9.20.